The van der Waals surface area contributed by atoms with Gasteiger partial charge < -0.3 is 5.32 Å². The second-order valence-corrected chi connectivity index (χ2v) is 8.59. The van der Waals surface area contributed by atoms with Gasteiger partial charge in [-0.25, -0.2) is 4.68 Å². The van der Waals surface area contributed by atoms with Crippen LogP contribution in [0.15, 0.2) is 64.8 Å². The van der Waals surface area contributed by atoms with E-state index >= 15 is 0 Å². The SMILES string of the molecule is O=C1CCC=C2Nc3nc(SCc4ccccc4)nn3C(c3cccs3)C12. The van der Waals surface area contributed by atoms with Crippen LogP contribution in [0.5, 0.6) is 0 Å². The standard InChI is InChI=1S/C20H18N4OS2/c25-15-9-4-8-14-17(15)18(16-10-5-11-26-16)24-19(21-14)22-20(23-24)27-12-13-6-2-1-3-7-13/h1-3,5-8,10-11,17-18H,4,9,12H2,(H,21,22,23). The van der Waals surface area contributed by atoms with Crippen molar-refractivity contribution in [3.05, 3.63) is 70.1 Å². The van der Waals surface area contributed by atoms with Gasteiger partial charge in [-0.3, -0.25) is 4.79 Å². The molecule has 0 radical (unpaired) electrons. The predicted octanol–water partition coefficient (Wildman–Crippen LogP) is 4.51. The van der Waals surface area contributed by atoms with E-state index in [0.29, 0.717) is 6.42 Å². The second-order valence-electron chi connectivity index (χ2n) is 6.66. The van der Waals surface area contributed by atoms with Gasteiger partial charge in [0.15, 0.2) is 0 Å². The Morgan fingerprint density at radius 2 is 2.11 bits per heavy atom. The van der Waals surface area contributed by atoms with Gasteiger partial charge in [0.25, 0.3) is 0 Å². The number of hydrogen-bond donors (Lipinski definition) is 1. The van der Waals surface area contributed by atoms with Crippen LogP contribution in [-0.4, -0.2) is 20.5 Å². The first-order valence-electron chi connectivity index (χ1n) is 8.96. The smallest absolute Gasteiger partial charge is 0.227 e. The van der Waals surface area contributed by atoms with Crippen LogP contribution < -0.4 is 5.32 Å². The molecule has 2 aromatic heterocycles. The number of carbonyl (C=O) groups is 1. The second kappa shape index (κ2) is 6.98. The molecule has 136 valence electrons. The summed E-state index contributed by atoms with van der Waals surface area (Å²) in [6.07, 6.45) is 3.53. The van der Waals surface area contributed by atoms with Crippen molar-refractivity contribution < 1.29 is 4.79 Å². The Bertz CT molecular complexity index is 994. The quantitative estimate of drug-likeness (QED) is 0.660. The molecule has 0 amide bonds. The number of allylic oxidation sites excluding steroid dienone is 2. The molecule has 1 aromatic carbocycles. The Morgan fingerprint density at radius 3 is 2.93 bits per heavy atom. The fraction of sp³-hybridized carbons (Fsp3) is 0.250. The van der Waals surface area contributed by atoms with E-state index in [1.54, 1.807) is 23.1 Å². The highest BCUT2D eigenvalue weighted by Crippen LogP contribution is 2.43. The Kier molecular flexibility index (Phi) is 4.33. The third kappa shape index (κ3) is 3.11. The molecular formula is C20H18N4OS2. The number of nitrogens with one attached hydrogen (secondary N) is 1. The van der Waals surface area contributed by atoms with Crippen LogP contribution in [0.3, 0.4) is 0 Å². The molecule has 2 unspecified atom stereocenters. The summed E-state index contributed by atoms with van der Waals surface area (Å²) in [6.45, 7) is 0. The summed E-state index contributed by atoms with van der Waals surface area (Å²) in [6, 6.07) is 14.3. The number of aromatic nitrogens is 3. The van der Waals surface area contributed by atoms with Crippen molar-refractivity contribution in [2.45, 2.75) is 29.8 Å². The first kappa shape index (κ1) is 16.8. The lowest BCUT2D eigenvalue weighted by atomic mass is 9.83. The number of thiophene rings is 1. The molecule has 3 aromatic rings. The normalized spacial score (nSPS) is 21.2. The van der Waals surface area contributed by atoms with Gasteiger partial charge in [-0.1, -0.05) is 54.2 Å². The minimum atomic E-state index is -0.196. The van der Waals surface area contributed by atoms with Gasteiger partial charge in [-0.15, -0.1) is 16.4 Å². The topological polar surface area (TPSA) is 59.8 Å². The van der Waals surface area contributed by atoms with Crippen molar-refractivity contribution >= 4 is 34.8 Å². The maximum atomic E-state index is 12.7. The van der Waals surface area contributed by atoms with E-state index < -0.39 is 0 Å². The molecule has 0 spiro atoms. The molecule has 0 bridgehead atoms. The number of hydrogen-bond acceptors (Lipinski definition) is 6. The summed E-state index contributed by atoms with van der Waals surface area (Å²) in [5.41, 5.74) is 2.22. The summed E-state index contributed by atoms with van der Waals surface area (Å²) < 4.78 is 1.91. The minimum absolute atomic E-state index is 0.112. The number of carbonyl (C=O) groups excluding carboxylic acids is 1. The molecular weight excluding hydrogens is 376 g/mol. The van der Waals surface area contributed by atoms with Crippen LogP contribution in [0.2, 0.25) is 0 Å². The van der Waals surface area contributed by atoms with Crippen LogP contribution >= 0.6 is 23.1 Å². The first-order chi connectivity index (χ1) is 13.3. The lowest BCUT2D eigenvalue weighted by Gasteiger charge is -2.35. The van der Waals surface area contributed by atoms with Gasteiger partial charge in [0.2, 0.25) is 11.1 Å². The highest BCUT2D eigenvalue weighted by molar-refractivity contribution is 7.98. The molecule has 3 heterocycles. The zero-order chi connectivity index (χ0) is 18.2. The largest absolute Gasteiger partial charge is 0.328 e. The number of Topliss-reactive ketones (excluding diaryl/α,β-unsaturated/α-hetero) is 1. The molecule has 2 aliphatic rings. The Hall–Kier alpha value is -2.38. The van der Waals surface area contributed by atoms with Gasteiger partial charge in [0.05, 0.1) is 5.92 Å². The van der Waals surface area contributed by atoms with Crippen LogP contribution in [0.25, 0.3) is 0 Å². The van der Waals surface area contributed by atoms with Gasteiger partial charge in [0, 0.05) is 22.7 Å². The molecule has 0 saturated carbocycles. The number of fused-ring (bicyclic) bond motifs is 2. The number of benzene rings is 1. The summed E-state index contributed by atoms with van der Waals surface area (Å²) in [5, 5.41) is 10.9. The van der Waals surface area contributed by atoms with E-state index in [-0.39, 0.29) is 17.7 Å². The average Bonchev–Trinajstić information content (AvgIpc) is 3.35. The number of anilines is 1. The Labute approximate surface area is 165 Å². The number of ketones is 1. The summed E-state index contributed by atoms with van der Waals surface area (Å²) in [5.74, 6) is 1.62. The number of thioether (sulfide) groups is 1. The maximum absolute atomic E-state index is 12.7. The van der Waals surface area contributed by atoms with Crippen LogP contribution in [0, 0.1) is 5.92 Å². The minimum Gasteiger partial charge on any atom is -0.328 e. The molecule has 7 heteroatoms. The van der Waals surface area contributed by atoms with E-state index in [2.05, 4.69) is 35.0 Å². The van der Waals surface area contributed by atoms with Crippen molar-refractivity contribution in [3.8, 4) is 0 Å². The van der Waals surface area contributed by atoms with Gasteiger partial charge in [0.1, 0.15) is 11.8 Å². The van der Waals surface area contributed by atoms with Gasteiger partial charge >= 0.3 is 0 Å². The van der Waals surface area contributed by atoms with E-state index in [9.17, 15) is 4.79 Å². The number of rotatable bonds is 4. The fourth-order valence-corrected chi connectivity index (χ4v) is 5.31. The lowest BCUT2D eigenvalue weighted by Crippen LogP contribution is -2.38. The van der Waals surface area contributed by atoms with Crippen molar-refractivity contribution in [2.75, 3.05) is 5.32 Å². The number of nitrogens with zero attached hydrogens (tertiary/aromatic N) is 3. The highest BCUT2D eigenvalue weighted by Gasteiger charge is 2.42. The molecule has 0 fully saturated rings. The maximum Gasteiger partial charge on any atom is 0.227 e. The van der Waals surface area contributed by atoms with Crippen molar-refractivity contribution in [1.29, 1.82) is 0 Å². The highest BCUT2D eigenvalue weighted by atomic mass is 32.2. The molecule has 1 aliphatic heterocycles. The van der Waals surface area contributed by atoms with E-state index in [0.717, 1.165) is 33.9 Å². The van der Waals surface area contributed by atoms with Crippen LogP contribution in [0.1, 0.15) is 29.3 Å². The van der Waals surface area contributed by atoms with Crippen molar-refractivity contribution in [3.63, 3.8) is 0 Å². The molecule has 2 atom stereocenters. The van der Waals surface area contributed by atoms with E-state index in [1.807, 2.05) is 28.9 Å². The molecule has 1 aliphatic carbocycles. The van der Waals surface area contributed by atoms with Crippen LogP contribution in [-0.2, 0) is 10.5 Å². The monoisotopic (exact) mass is 394 g/mol. The fourth-order valence-electron chi connectivity index (χ4n) is 3.68. The predicted molar refractivity (Wildman–Crippen MR) is 108 cm³/mol. The first-order valence-corrected chi connectivity index (χ1v) is 10.8. The van der Waals surface area contributed by atoms with Gasteiger partial charge in [-0.05, 0) is 23.4 Å². The molecule has 0 saturated heterocycles. The average molecular weight is 395 g/mol. The molecule has 27 heavy (non-hydrogen) atoms. The van der Waals surface area contributed by atoms with E-state index in [4.69, 9.17) is 10.1 Å². The summed E-state index contributed by atoms with van der Waals surface area (Å²) in [7, 11) is 0. The van der Waals surface area contributed by atoms with Crippen molar-refractivity contribution in [2.24, 2.45) is 5.92 Å². The van der Waals surface area contributed by atoms with Crippen LogP contribution in [0.4, 0.5) is 5.95 Å². The summed E-state index contributed by atoms with van der Waals surface area (Å²) in [4.78, 5) is 18.6. The third-order valence-corrected chi connectivity index (χ3v) is 6.78. The van der Waals surface area contributed by atoms with Gasteiger partial charge in [-0.2, -0.15) is 4.98 Å². The van der Waals surface area contributed by atoms with E-state index in [1.165, 1.54) is 5.56 Å². The lowest BCUT2D eigenvalue weighted by molar-refractivity contribution is -0.123. The Balaban J connectivity index is 1.50. The Morgan fingerprint density at radius 1 is 1.22 bits per heavy atom. The molecule has 5 rings (SSSR count). The zero-order valence-corrected chi connectivity index (χ0v) is 16.2. The van der Waals surface area contributed by atoms with Crippen molar-refractivity contribution in [1.82, 2.24) is 14.8 Å². The summed E-state index contributed by atoms with van der Waals surface area (Å²) >= 11 is 3.28. The zero-order valence-electron chi connectivity index (χ0n) is 14.5. The molecule has 5 nitrogen and oxygen atoms in total. The third-order valence-electron chi connectivity index (χ3n) is 4.93. The molecule has 1 N–H and O–H groups in total.